The van der Waals surface area contributed by atoms with Gasteiger partial charge in [-0.2, -0.15) is 9.40 Å². The van der Waals surface area contributed by atoms with Gasteiger partial charge >= 0.3 is 5.97 Å². The first-order valence-electron chi connectivity index (χ1n) is 11.9. The van der Waals surface area contributed by atoms with E-state index in [0.717, 1.165) is 19.3 Å². The van der Waals surface area contributed by atoms with Gasteiger partial charge in [0.2, 0.25) is 10.0 Å². The van der Waals surface area contributed by atoms with Crippen LogP contribution >= 0.6 is 0 Å². The predicted octanol–water partition coefficient (Wildman–Crippen LogP) is 3.86. The fraction of sp³-hybridized carbons (Fsp3) is 0.440. The molecule has 0 bridgehead atoms. The first-order chi connectivity index (χ1) is 16.8. The highest BCUT2D eigenvalue weighted by atomic mass is 32.2. The minimum Gasteiger partial charge on any atom is -0.494 e. The summed E-state index contributed by atoms with van der Waals surface area (Å²) >= 11 is 0. The number of fused-ring (bicyclic) bond motifs is 1. The van der Waals surface area contributed by atoms with E-state index in [9.17, 15) is 22.7 Å². The maximum absolute atomic E-state index is 14.0. The molecular weight excluding hydrogens is 473 g/mol. The lowest BCUT2D eigenvalue weighted by Gasteiger charge is -2.34. The first-order valence-corrected chi connectivity index (χ1v) is 13.3. The van der Waals surface area contributed by atoms with Gasteiger partial charge in [-0.15, -0.1) is 0 Å². The van der Waals surface area contributed by atoms with Gasteiger partial charge < -0.3 is 9.84 Å². The minimum absolute atomic E-state index is 0.0343. The molecule has 2 aromatic carbocycles. The molecule has 1 N–H and O–H groups in total. The number of carboxylic acids is 1. The van der Waals surface area contributed by atoms with Crippen LogP contribution in [0.15, 0.2) is 47.4 Å². The summed E-state index contributed by atoms with van der Waals surface area (Å²) < 4.78 is 49.8. The largest absolute Gasteiger partial charge is 0.494 e. The third kappa shape index (κ3) is 4.40. The number of halogens is 1. The van der Waals surface area contributed by atoms with Gasteiger partial charge in [0.1, 0.15) is 11.6 Å². The van der Waals surface area contributed by atoms with Crippen molar-refractivity contribution in [1.82, 2.24) is 14.1 Å². The summed E-state index contributed by atoms with van der Waals surface area (Å²) in [6, 6.07) is 10.4. The lowest BCUT2D eigenvalue weighted by atomic mass is 9.74. The number of ether oxygens (including phenoxy) is 1. The third-order valence-electron chi connectivity index (χ3n) is 7.20. The molecule has 2 heterocycles. The molecule has 1 saturated heterocycles. The maximum atomic E-state index is 14.0. The van der Waals surface area contributed by atoms with Crippen LogP contribution in [0.5, 0.6) is 5.75 Å². The molecular formula is C25H28FN3O5S. The standard InChI is InChI=1S/C25H28FN3O5S/c1-2-34-18-7-9-19(10-8-18)35(32,33)28-14-21(16-4-3-5-16)24(15-28)29-23-11-6-17(26)12-20(23)22(27-29)13-25(30)31/h6-12,16,21,24H,2-5,13-15H2,1H3,(H,30,31)/t21?,24-/m0/s1. The lowest BCUT2D eigenvalue weighted by molar-refractivity contribution is -0.136. The topological polar surface area (TPSA) is 102 Å². The van der Waals surface area contributed by atoms with Crippen molar-refractivity contribution in [3.05, 3.63) is 54.0 Å². The molecule has 1 saturated carbocycles. The summed E-state index contributed by atoms with van der Waals surface area (Å²) in [5.41, 5.74) is 0.907. The van der Waals surface area contributed by atoms with E-state index >= 15 is 0 Å². The smallest absolute Gasteiger partial charge is 0.309 e. The number of hydrogen-bond acceptors (Lipinski definition) is 5. The molecule has 2 aliphatic rings. The van der Waals surface area contributed by atoms with Gasteiger partial charge in [0.05, 0.1) is 35.2 Å². The highest BCUT2D eigenvalue weighted by Crippen LogP contribution is 2.45. The SMILES string of the molecule is CCOc1ccc(S(=O)(=O)N2CC(C3CCC3)[C@@H](n3nc(CC(=O)O)c4cc(F)ccc43)C2)cc1. The quantitative estimate of drug-likeness (QED) is 0.503. The van der Waals surface area contributed by atoms with Crippen LogP contribution in [-0.4, -0.2) is 53.3 Å². The zero-order valence-electron chi connectivity index (χ0n) is 19.4. The zero-order chi connectivity index (χ0) is 24.7. The van der Waals surface area contributed by atoms with Crippen LogP contribution in [0.3, 0.4) is 0 Å². The summed E-state index contributed by atoms with van der Waals surface area (Å²) in [4.78, 5) is 11.6. The molecule has 0 spiro atoms. The number of hydrogen-bond donors (Lipinski definition) is 1. The van der Waals surface area contributed by atoms with Crippen LogP contribution in [0.4, 0.5) is 4.39 Å². The second-order valence-corrected chi connectivity index (χ2v) is 11.2. The van der Waals surface area contributed by atoms with Gasteiger partial charge in [-0.1, -0.05) is 19.3 Å². The molecule has 1 unspecified atom stereocenters. The lowest BCUT2D eigenvalue weighted by Crippen LogP contribution is -2.31. The van der Waals surface area contributed by atoms with E-state index in [2.05, 4.69) is 5.10 Å². The van der Waals surface area contributed by atoms with Crippen molar-refractivity contribution in [3.63, 3.8) is 0 Å². The molecule has 2 atom stereocenters. The molecule has 35 heavy (non-hydrogen) atoms. The molecule has 10 heteroatoms. The molecule has 186 valence electrons. The summed E-state index contributed by atoms with van der Waals surface area (Å²) in [6.07, 6.45) is 2.82. The Hall–Kier alpha value is -2.98. The molecule has 5 rings (SSSR count). The molecule has 1 aromatic heterocycles. The van der Waals surface area contributed by atoms with Gasteiger partial charge in [0.25, 0.3) is 0 Å². The van der Waals surface area contributed by atoms with Gasteiger partial charge in [-0.25, -0.2) is 12.8 Å². The average molecular weight is 502 g/mol. The highest BCUT2D eigenvalue weighted by molar-refractivity contribution is 7.89. The predicted molar refractivity (Wildman–Crippen MR) is 127 cm³/mol. The van der Waals surface area contributed by atoms with E-state index in [1.54, 1.807) is 35.0 Å². The van der Waals surface area contributed by atoms with E-state index < -0.39 is 21.8 Å². The average Bonchev–Trinajstić information content (AvgIpc) is 3.35. The summed E-state index contributed by atoms with van der Waals surface area (Å²) in [6.45, 7) is 2.94. The Kier molecular flexibility index (Phi) is 6.27. The van der Waals surface area contributed by atoms with Crippen molar-refractivity contribution in [2.45, 2.75) is 43.5 Å². The van der Waals surface area contributed by atoms with Crippen LogP contribution in [0, 0.1) is 17.7 Å². The number of carbonyl (C=O) groups is 1. The van der Waals surface area contributed by atoms with Crippen LogP contribution < -0.4 is 4.74 Å². The second-order valence-electron chi connectivity index (χ2n) is 9.27. The minimum atomic E-state index is -3.75. The summed E-state index contributed by atoms with van der Waals surface area (Å²) in [5, 5.41) is 14.4. The molecule has 1 aliphatic carbocycles. The highest BCUT2D eigenvalue weighted by Gasteiger charge is 2.46. The van der Waals surface area contributed by atoms with Crippen molar-refractivity contribution in [2.24, 2.45) is 11.8 Å². The number of aliphatic carboxylic acids is 1. The van der Waals surface area contributed by atoms with Gasteiger partial charge in [-0.3, -0.25) is 9.48 Å². The van der Waals surface area contributed by atoms with E-state index in [4.69, 9.17) is 4.74 Å². The van der Waals surface area contributed by atoms with Gasteiger partial charge in [0.15, 0.2) is 0 Å². The Morgan fingerprint density at radius 1 is 1.17 bits per heavy atom. The van der Waals surface area contributed by atoms with Crippen molar-refractivity contribution >= 4 is 26.9 Å². The maximum Gasteiger partial charge on any atom is 0.309 e. The fourth-order valence-electron chi connectivity index (χ4n) is 5.29. The zero-order valence-corrected chi connectivity index (χ0v) is 20.2. The number of aromatic nitrogens is 2. The molecule has 2 fully saturated rings. The normalized spacial score (nSPS) is 21.3. The second kappa shape index (κ2) is 9.23. The number of nitrogens with zero attached hydrogens (tertiary/aromatic N) is 3. The molecule has 0 radical (unpaired) electrons. The molecule has 8 nitrogen and oxygen atoms in total. The van der Waals surface area contributed by atoms with Gasteiger partial charge in [0, 0.05) is 18.5 Å². The number of carboxylic acid groups (broad SMARTS) is 1. The van der Waals surface area contributed by atoms with E-state index in [1.807, 2.05) is 6.92 Å². The van der Waals surface area contributed by atoms with Gasteiger partial charge in [-0.05, 0) is 61.2 Å². The van der Waals surface area contributed by atoms with E-state index in [-0.39, 0.29) is 35.5 Å². The van der Waals surface area contributed by atoms with Crippen LogP contribution in [0.1, 0.15) is 37.9 Å². The Balaban J connectivity index is 1.52. The Morgan fingerprint density at radius 3 is 2.54 bits per heavy atom. The van der Waals surface area contributed by atoms with Crippen molar-refractivity contribution in [1.29, 1.82) is 0 Å². The number of sulfonamides is 1. The van der Waals surface area contributed by atoms with Crippen molar-refractivity contribution < 1.29 is 27.4 Å². The van der Waals surface area contributed by atoms with E-state index in [0.29, 0.717) is 35.7 Å². The van der Waals surface area contributed by atoms with Crippen molar-refractivity contribution in [3.8, 4) is 5.75 Å². The Bertz CT molecular complexity index is 1350. The number of benzene rings is 2. The van der Waals surface area contributed by atoms with Crippen molar-refractivity contribution in [2.75, 3.05) is 19.7 Å². The molecule has 3 aromatic rings. The summed E-state index contributed by atoms with van der Waals surface area (Å²) in [7, 11) is -3.75. The summed E-state index contributed by atoms with van der Waals surface area (Å²) in [5.74, 6) is -0.512. The molecule has 1 aliphatic heterocycles. The molecule has 0 amide bonds. The Morgan fingerprint density at radius 2 is 1.91 bits per heavy atom. The first kappa shape index (κ1) is 23.7. The van der Waals surface area contributed by atoms with E-state index in [1.165, 1.54) is 16.4 Å². The number of rotatable bonds is 8. The third-order valence-corrected chi connectivity index (χ3v) is 9.05. The van der Waals surface area contributed by atoms with Crippen LogP contribution in [0.2, 0.25) is 0 Å². The monoisotopic (exact) mass is 501 g/mol. The fourth-order valence-corrected chi connectivity index (χ4v) is 6.78. The van der Waals surface area contributed by atoms with Crippen LogP contribution in [-0.2, 0) is 21.2 Å². The van der Waals surface area contributed by atoms with Crippen LogP contribution in [0.25, 0.3) is 10.9 Å². The Labute approximate surface area is 203 Å².